The molecule has 0 atom stereocenters. The summed E-state index contributed by atoms with van der Waals surface area (Å²) in [6.45, 7) is 7.40. The minimum Gasteiger partial charge on any atom is -0.313 e. The van der Waals surface area contributed by atoms with Crippen LogP contribution in [0.5, 0.6) is 0 Å². The van der Waals surface area contributed by atoms with Crippen LogP contribution in [0.4, 0.5) is 0 Å². The van der Waals surface area contributed by atoms with E-state index in [1.54, 1.807) is 6.92 Å². The van der Waals surface area contributed by atoms with Crippen LogP contribution in [0.3, 0.4) is 0 Å². The first-order chi connectivity index (χ1) is 9.11. The zero-order valence-corrected chi connectivity index (χ0v) is 11.6. The molecule has 0 saturated carbocycles. The molecule has 0 unspecified atom stereocenters. The van der Waals surface area contributed by atoms with Gasteiger partial charge in [0.15, 0.2) is 5.78 Å². The second-order valence-corrected chi connectivity index (χ2v) is 4.57. The van der Waals surface area contributed by atoms with Crippen molar-refractivity contribution in [1.82, 2.24) is 15.1 Å². The van der Waals surface area contributed by atoms with E-state index in [9.17, 15) is 4.79 Å². The molecule has 0 aliphatic heterocycles. The summed E-state index contributed by atoms with van der Waals surface area (Å²) in [4.78, 5) is 11.4. The third kappa shape index (κ3) is 3.09. The first-order valence-corrected chi connectivity index (χ1v) is 6.49. The molecule has 4 nitrogen and oxygen atoms in total. The number of nitrogens with zero attached hydrogens (tertiary/aromatic N) is 2. The summed E-state index contributed by atoms with van der Waals surface area (Å²) >= 11 is 0. The van der Waals surface area contributed by atoms with Crippen molar-refractivity contribution in [3.05, 3.63) is 47.3 Å². The number of Topliss-reactive ketones (excluding diaryl/α,β-unsaturated/α-hetero) is 1. The average molecular weight is 257 g/mol. The molecule has 0 saturated heterocycles. The van der Waals surface area contributed by atoms with Gasteiger partial charge in [-0.3, -0.25) is 4.79 Å². The van der Waals surface area contributed by atoms with Crippen molar-refractivity contribution in [2.45, 2.75) is 27.3 Å². The Morgan fingerprint density at radius 3 is 2.89 bits per heavy atom. The molecule has 0 fully saturated rings. The Kier molecular flexibility index (Phi) is 4.12. The summed E-state index contributed by atoms with van der Waals surface area (Å²) in [7, 11) is 0. The lowest BCUT2D eigenvalue weighted by Gasteiger charge is -2.03. The zero-order chi connectivity index (χ0) is 13.8. The number of carbonyl (C=O) groups is 1. The summed E-state index contributed by atoms with van der Waals surface area (Å²) in [5.41, 5.74) is 3.81. The van der Waals surface area contributed by atoms with Gasteiger partial charge in [-0.2, -0.15) is 5.10 Å². The molecule has 0 amide bonds. The van der Waals surface area contributed by atoms with E-state index in [1.165, 1.54) is 5.56 Å². The van der Waals surface area contributed by atoms with Crippen LogP contribution in [0.15, 0.2) is 30.5 Å². The van der Waals surface area contributed by atoms with Crippen LogP contribution in [0.25, 0.3) is 5.69 Å². The summed E-state index contributed by atoms with van der Waals surface area (Å²) < 4.78 is 1.83. The lowest BCUT2D eigenvalue weighted by atomic mass is 10.1. The maximum atomic E-state index is 11.4. The van der Waals surface area contributed by atoms with Crippen LogP contribution in [-0.2, 0) is 6.54 Å². The molecule has 1 aromatic carbocycles. The van der Waals surface area contributed by atoms with Gasteiger partial charge < -0.3 is 5.32 Å². The summed E-state index contributed by atoms with van der Waals surface area (Å²) in [6, 6.07) is 7.52. The monoisotopic (exact) mass is 257 g/mol. The zero-order valence-electron chi connectivity index (χ0n) is 11.6. The van der Waals surface area contributed by atoms with Gasteiger partial charge >= 0.3 is 0 Å². The van der Waals surface area contributed by atoms with Gasteiger partial charge in [-0.15, -0.1) is 0 Å². The number of carbonyl (C=O) groups excluding carboxylic acids is 1. The third-order valence-electron chi connectivity index (χ3n) is 3.08. The molecule has 0 radical (unpaired) electrons. The molecular formula is C15H19N3O. The van der Waals surface area contributed by atoms with Crippen molar-refractivity contribution in [2.24, 2.45) is 0 Å². The molecule has 1 N–H and O–H groups in total. The fourth-order valence-electron chi connectivity index (χ4n) is 1.93. The first kappa shape index (κ1) is 13.5. The van der Waals surface area contributed by atoms with Crippen molar-refractivity contribution < 1.29 is 4.79 Å². The minimum absolute atomic E-state index is 0.0681. The number of ketones is 1. The maximum Gasteiger partial charge on any atom is 0.159 e. The van der Waals surface area contributed by atoms with Crippen molar-refractivity contribution in [3.63, 3.8) is 0 Å². The highest BCUT2D eigenvalue weighted by molar-refractivity contribution is 5.94. The van der Waals surface area contributed by atoms with Crippen LogP contribution in [-0.4, -0.2) is 22.1 Å². The Morgan fingerprint density at radius 2 is 2.21 bits per heavy atom. The van der Waals surface area contributed by atoms with Gasteiger partial charge in [-0.05, 0) is 32.5 Å². The van der Waals surface area contributed by atoms with E-state index in [0.717, 1.165) is 24.5 Å². The molecule has 0 bridgehead atoms. The van der Waals surface area contributed by atoms with Crippen LogP contribution in [0.2, 0.25) is 0 Å². The molecule has 4 heteroatoms. The fraction of sp³-hybridized carbons (Fsp3) is 0.333. The molecule has 100 valence electrons. The smallest absolute Gasteiger partial charge is 0.159 e. The fourth-order valence-corrected chi connectivity index (χ4v) is 1.93. The molecular weight excluding hydrogens is 238 g/mol. The topological polar surface area (TPSA) is 46.9 Å². The molecule has 0 spiro atoms. The lowest BCUT2D eigenvalue weighted by Crippen LogP contribution is -2.11. The molecule has 2 aromatic rings. The first-order valence-electron chi connectivity index (χ1n) is 6.49. The number of benzene rings is 1. The van der Waals surface area contributed by atoms with Crippen molar-refractivity contribution in [3.8, 4) is 5.69 Å². The van der Waals surface area contributed by atoms with Gasteiger partial charge in [-0.25, -0.2) is 4.68 Å². The van der Waals surface area contributed by atoms with Crippen LogP contribution in [0, 0.1) is 6.92 Å². The quantitative estimate of drug-likeness (QED) is 0.837. The number of nitrogens with one attached hydrogen (secondary N) is 1. The normalized spacial score (nSPS) is 10.7. The Bertz CT molecular complexity index is 587. The van der Waals surface area contributed by atoms with Crippen molar-refractivity contribution >= 4 is 5.78 Å². The third-order valence-corrected chi connectivity index (χ3v) is 3.08. The number of hydrogen-bond donors (Lipinski definition) is 1. The Hall–Kier alpha value is -1.94. The summed E-state index contributed by atoms with van der Waals surface area (Å²) in [5, 5.41) is 7.79. The molecule has 2 rings (SSSR count). The Balaban J connectivity index is 2.31. The van der Waals surface area contributed by atoms with Gasteiger partial charge in [0.25, 0.3) is 0 Å². The van der Waals surface area contributed by atoms with E-state index < -0.39 is 0 Å². The van der Waals surface area contributed by atoms with Crippen LogP contribution in [0.1, 0.15) is 35.5 Å². The Morgan fingerprint density at radius 1 is 1.42 bits per heavy atom. The minimum atomic E-state index is 0.0681. The SMILES string of the molecule is CCNCc1cn(-c2cccc(C(C)=O)c2)nc1C. The van der Waals surface area contributed by atoms with Gasteiger partial charge in [-0.1, -0.05) is 19.1 Å². The second kappa shape index (κ2) is 5.80. The average Bonchev–Trinajstić information content (AvgIpc) is 2.78. The highest BCUT2D eigenvalue weighted by Crippen LogP contribution is 2.14. The lowest BCUT2D eigenvalue weighted by molar-refractivity contribution is 0.101. The van der Waals surface area contributed by atoms with Crippen LogP contribution < -0.4 is 5.32 Å². The van der Waals surface area contributed by atoms with Gasteiger partial charge in [0.05, 0.1) is 11.4 Å². The van der Waals surface area contributed by atoms with E-state index >= 15 is 0 Å². The van der Waals surface area contributed by atoms with E-state index in [1.807, 2.05) is 42.1 Å². The van der Waals surface area contributed by atoms with Gasteiger partial charge in [0, 0.05) is 23.9 Å². The number of hydrogen-bond acceptors (Lipinski definition) is 3. The second-order valence-electron chi connectivity index (χ2n) is 4.57. The van der Waals surface area contributed by atoms with Gasteiger partial charge in [0.1, 0.15) is 0 Å². The van der Waals surface area contributed by atoms with Gasteiger partial charge in [0.2, 0.25) is 0 Å². The standard InChI is InChI=1S/C15H19N3O/c1-4-16-9-14-10-18(17-11(14)2)15-7-5-6-13(8-15)12(3)19/h5-8,10,16H,4,9H2,1-3H3. The maximum absolute atomic E-state index is 11.4. The van der Waals surface area contributed by atoms with Crippen molar-refractivity contribution in [2.75, 3.05) is 6.54 Å². The summed E-state index contributed by atoms with van der Waals surface area (Å²) in [5.74, 6) is 0.0681. The summed E-state index contributed by atoms with van der Waals surface area (Å²) in [6.07, 6.45) is 2.01. The molecule has 0 aliphatic carbocycles. The highest BCUT2D eigenvalue weighted by Gasteiger charge is 2.07. The number of aromatic nitrogens is 2. The predicted octanol–water partition coefficient (Wildman–Crippen LogP) is 2.49. The Labute approximate surface area is 113 Å². The van der Waals surface area contributed by atoms with E-state index in [2.05, 4.69) is 17.3 Å². The van der Waals surface area contributed by atoms with E-state index in [4.69, 9.17) is 0 Å². The van der Waals surface area contributed by atoms with E-state index in [-0.39, 0.29) is 5.78 Å². The predicted molar refractivity (Wildman–Crippen MR) is 75.7 cm³/mol. The van der Waals surface area contributed by atoms with Crippen molar-refractivity contribution in [1.29, 1.82) is 0 Å². The molecule has 0 aliphatic rings. The van der Waals surface area contributed by atoms with E-state index in [0.29, 0.717) is 5.56 Å². The molecule has 1 aromatic heterocycles. The van der Waals surface area contributed by atoms with Crippen LogP contribution >= 0.6 is 0 Å². The number of aryl methyl sites for hydroxylation is 1. The largest absolute Gasteiger partial charge is 0.313 e. The number of rotatable bonds is 5. The molecule has 1 heterocycles. The molecule has 19 heavy (non-hydrogen) atoms. The highest BCUT2D eigenvalue weighted by atomic mass is 16.1.